The topological polar surface area (TPSA) is 76.1 Å². The van der Waals surface area contributed by atoms with E-state index >= 15 is 0 Å². The summed E-state index contributed by atoms with van der Waals surface area (Å²) in [6, 6.07) is 4.03. The van der Waals surface area contributed by atoms with Crippen molar-refractivity contribution in [1.82, 2.24) is 4.90 Å². The van der Waals surface area contributed by atoms with E-state index in [1.807, 2.05) is 0 Å². The summed E-state index contributed by atoms with van der Waals surface area (Å²) in [5.41, 5.74) is -0.331. The van der Waals surface area contributed by atoms with E-state index in [1.165, 1.54) is 17.0 Å². The first-order valence-electron chi connectivity index (χ1n) is 7.86. The van der Waals surface area contributed by atoms with Crippen LogP contribution in [0.4, 0.5) is 9.18 Å². The summed E-state index contributed by atoms with van der Waals surface area (Å²) < 4.78 is 24.7. The molecule has 0 radical (unpaired) electrons. The number of carboxylic acids is 1. The molecule has 1 heterocycles. The minimum Gasteiger partial charge on any atom is -0.481 e. The fourth-order valence-corrected chi connectivity index (χ4v) is 2.67. The lowest BCUT2D eigenvalue weighted by Gasteiger charge is -2.28. The van der Waals surface area contributed by atoms with Crippen LogP contribution in [0.25, 0.3) is 0 Å². The van der Waals surface area contributed by atoms with E-state index in [1.54, 1.807) is 20.8 Å². The summed E-state index contributed by atoms with van der Waals surface area (Å²) in [5, 5.41) is 9.52. The number of halogens is 2. The van der Waals surface area contributed by atoms with Crippen LogP contribution >= 0.6 is 11.6 Å². The number of hydrogen-bond acceptors (Lipinski definition) is 4. The quantitative estimate of drug-likeness (QED) is 0.858. The van der Waals surface area contributed by atoms with E-state index in [9.17, 15) is 19.1 Å². The lowest BCUT2D eigenvalue weighted by molar-refractivity contribution is -0.147. The summed E-state index contributed by atoms with van der Waals surface area (Å²) in [6.07, 6.45) is -1.50. The Hall–Kier alpha value is -1.86. The molecule has 25 heavy (non-hydrogen) atoms. The summed E-state index contributed by atoms with van der Waals surface area (Å²) in [5.74, 6) is -2.86. The number of ether oxygens (including phenoxy) is 2. The number of nitrogens with zero attached hydrogens (tertiary/aromatic N) is 1. The number of aliphatic carboxylic acids is 1. The summed E-state index contributed by atoms with van der Waals surface area (Å²) in [4.78, 5) is 25.3. The van der Waals surface area contributed by atoms with Crippen molar-refractivity contribution in [2.45, 2.75) is 32.5 Å². The molecule has 2 atom stereocenters. The molecule has 1 aliphatic rings. The van der Waals surface area contributed by atoms with Gasteiger partial charge in [-0.15, -0.1) is 0 Å². The second-order valence-corrected chi connectivity index (χ2v) is 7.24. The van der Waals surface area contributed by atoms with Crippen molar-refractivity contribution in [3.05, 3.63) is 34.6 Å². The number of benzene rings is 1. The standard InChI is InChI=1S/C17H21ClFNO5/c1-17(2,3)25-16(23)20-6-7-24-14(11(9-20)15(21)22)10-4-5-12(18)13(19)8-10/h4-5,8,11,14H,6-7,9H2,1-3H3,(H,21,22)/t11-,14+/m1/s1. The summed E-state index contributed by atoms with van der Waals surface area (Å²) in [6.45, 7) is 5.38. The molecule has 1 N–H and O–H groups in total. The zero-order valence-corrected chi connectivity index (χ0v) is 15.0. The van der Waals surface area contributed by atoms with E-state index in [2.05, 4.69) is 0 Å². The molecule has 1 aromatic rings. The number of carbonyl (C=O) groups excluding carboxylic acids is 1. The molecule has 0 spiro atoms. The van der Waals surface area contributed by atoms with Gasteiger partial charge in [-0.2, -0.15) is 0 Å². The smallest absolute Gasteiger partial charge is 0.410 e. The first-order chi connectivity index (χ1) is 11.6. The SMILES string of the molecule is CC(C)(C)OC(=O)N1CCO[C@@H](c2ccc(Cl)c(F)c2)[C@H](C(=O)O)C1. The normalized spacial score (nSPS) is 21.6. The highest BCUT2D eigenvalue weighted by Crippen LogP contribution is 2.31. The van der Waals surface area contributed by atoms with Gasteiger partial charge in [0.05, 0.1) is 17.7 Å². The van der Waals surface area contributed by atoms with Gasteiger partial charge in [0.1, 0.15) is 17.3 Å². The summed E-state index contributed by atoms with van der Waals surface area (Å²) in [7, 11) is 0. The first kappa shape index (κ1) is 19.5. The van der Waals surface area contributed by atoms with Crippen molar-refractivity contribution in [3.63, 3.8) is 0 Å². The van der Waals surface area contributed by atoms with Gasteiger partial charge in [0.2, 0.25) is 0 Å². The molecule has 1 amide bonds. The minimum atomic E-state index is -1.14. The van der Waals surface area contributed by atoms with Crippen LogP contribution in [0.3, 0.4) is 0 Å². The van der Waals surface area contributed by atoms with Gasteiger partial charge in [0.15, 0.2) is 0 Å². The van der Waals surface area contributed by atoms with Gasteiger partial charge in [-0.25, -0.2) is 9.18 Å². The Balaban J connectivity index is 2.24. The van der Waals surface area contributed by atoms with Crippen molar-refractivity contribution < 1.29 is 28.6 Å². The van der Waals surface area contributed by atoms with Gasteiger partial charge in [-0.3, -0.25) is 4.79 Å². The van der Waals surface area contributed by atoms with E-state index in [-0.39, 0.29) is 24.7 Å². The number of amides is 1. The van der Waals surface area contributed by atoms with E-state index < -0.39 is 35.5 Å². The minimum absolute atomic E-state index is 0.0559. The monoisotopic (exact) mass is 373 g/mol. The first-order valence-corrected chi connectivity index (χ1v) is 8.23. The third-order valence-corrected chi connectivity index (χ3v) is 3.99. The second-order valence-electron chi connectivity index (χ2n) is 6.84. The molecular formula is C17H21ClFNO5. The average Bonchev–Trinajstić information content (AvgIpc) is 2.71. The van der Waals surface area contributed by atoms with Crippen LogP contribution < -0.4 is 0 Å². The number of rotatable bonds is 2. The molecule has 6 nitrogen and oxygen atoms in total. The zero-order chi connectivity index (χ0) is 18.8. The van der Waals surface area contributed by atoms with Crippen LogP contribution in [-0.4, -0.2) is 47.4 Å². The van der Waals surface area contributed by atoms with Crippen LogP contribution in [0.2, 0.25) is 5.02 Å². The van der Waals surface area contributed by atoms with Gasteiger partial charge in [-0.05, 0) is 38.5 Å². The Morgan fingerprint density at radius 3 is 2.64 bits per heavy atom. The van der Waals surface area contributed by atoms with E-state index in [0.29, 0.717) is 5.56 Å². The molecule has 0 unspecified atom stereocenters. The molecule has 1 aliphatic heterocycles. The fraction of sp³-hybridized carbons (Fsp3) is 0.529. The van der Waals surface area contributed by atoms with Crippen molar-refractivity contribution in [1.29, 1.82) is 0 Å². The van der Waals surface area contributed by atoms with Gasteiger partial charge in [-0.1, -0.05) is 17.7 Å². The Kier molecular flexibility index (Phi) is 5.90. The third kappa shape index (κ3) is 5.06. The lowest BCUT2D eigenvalue weighted by atomic mass is 9.95. The largest absolute Gasteiger partial charge is 0.481 e. The Bertz CT molecular complexity index is 661. The van der Waals surface area contributed by atoms with Gasteiger partial charge >= 0.3 is 12.1 Å². The molecule has 8 heteroatoms. The zero-order valence-electron chi connectivity index (χ0n) is 14.3. The lowest BCUT2D eigenvalue weighted by Crippen LogP contribution is -2.41. The second kappa shape index (κ2) is 7.58. The van der Waals surface area contributed by atoms with Crippen molar-refractivity contribution in [3.8, 4) is 0 Å². The molecule has 1 fully saturated rings. The van der Waals surface area contributed by atoms with Crippen LogP contribution in [0.5, 0.6) is 0 Å². The highest BCUT2D eigenvalue weighted by molar-refractivity contribution is 6.30. The van der Waals surface area contributed by atoms with E-state index in [4.69, 9.17) is 21.1 Å². The van der Waals surface area contributed by atoms with Crippen molar-refractivity contribution in [2.24, 2.45) is 5.92 Å². The molecule has 138 valence electrons. The maximum atomic E-state index is 13.7. The Morgan fingerprint density at radius 1 is 1.40 bits per heavy atom. The molecular weight excluding hydrogens is 353 g/mol. The number of carbonyl (C=O) groups is 2. The molecule has 0 aromatic heterocycles. The Morgan fingerprint density at radius 2 is 2.08 bits per heavy atom. The molecule has 1 saturated heterocycles. The molecule has 1 aromatic carbocycles. The van der Waals surface area contributed by atoms with Gasteiger partial charge < -0.3 is 19.5 Å². The highest BCUT2D eigenvalue weighted by atomic mass is 35.5. The highest BCUT2D eigenvalue weighted by Gasteiger charge is 2.37. The van der Waals surface area contributed by atoms with Gasteiger partial charge in [0.25, 0.3) is 0 Å². The van der Waals surface area contributed by atoms with Crippen molar-refractivity contribution >= 4 is 23.7 Å². The Labute approximate surface area is 150 Å². The molecule has 2 rings (SSSR count). The van der Waals surface area contributed by atoms with Gasteiger partial charge in [0, 0.05) is 13.1 Å². The summed E-state index contributed by atoms with van der Waals surface area (Å²) >= 11 is 5.68. The van der Waals surface area contributed by atoms with Crippen LogP contribution in [0.1, 0.15) is 32.4 Å². The van der Waals surface area contributed by atoms with Crippen LogP contribution in [0, 0.1) is 11.7 Å². The van der Waals surface area contributed by atoms with Crippen LogP contribution in [0.15, 0.2) is 18.2 Å². The number of carboxylic acid groups (broad SMARTS) is 1. The predicted octanol–water partition coefficient (Wildman–Crippen LogP) is 3.49. The fourth-order valence-electron chi connectivity index (χ4n) is 2.55. The number of hydrogen-bond donors (Lipinski definition) is 1. The molecule has 0 bridgehead atoms. The predicted molar refractivity (Wildman–Crippen MR) is 89.0 cm³/mol. The maximum Gasteiger partial charge on any atom is 0.410 e. The molecule has 0 saturated carbocycles. The molecule has 0 aliphatic carbocycles. The maximum absolute atomic E-state index is 13.7. The van der Waals surface area contributed by atoms with Crippen molar-refractivity contribution in [2.75, 3.05) is 19.7 Å². The van der Waals surface area contributed by atoms with Crippen LogP contribution in [-0.2, 0) is 14.3 Å². The average molecular weight is 374 g/mol. The third-order valence-electron chi connectivity index (χ3n) is 3.68. The van der Waals surface area contributed by atoms with E-state index in [0.717, 1.165) is 6.07 Å².